The molecule has 1 nitrogen and oxygen atoms in total. The third-order valence-corrected chi connectivity index (χ3v) is 3.84. The van der Waals surface area contributed by atoms with Gasteiger partial charge in [-0.2, -0.15) is 0 Å². The van der Waals surface area contributed by atoms with E-state index in [0.717, 1.165) is 12.1 Å². The van der Waals surface area contributed by atoms with Crippen molar-refractivity contribution >= 4 is 49.2 Å². The van der Waals surface area contributed by atoms with Gasteiger partial charge in [-0.05, 0) is 46.3 Å². The molecule has 0 saturated carbocycles. The molecule has 0 amide bonds. The molecule has 2 aromatic carbocycles. The van der Waals surface area contributed by atoms with Gasteiger partial charge in [-0.1, -0.05) is 27.5 Å². The highest BCUT2D eigenvalue weighted by Gasteiger charge is 2.19. The molecule has 98 valence electrons. The summed E-state index contributed by atoms with van der Waals surface area (Å²) < 4.78 is 27.8. The number of carbonyl (C=O) groups is 1. The normalized spacial score (nSPS) is 10.6. The van der Waals surface area contributed by atoms with Crippen LogP contribution in [0, 0.1) is 11.6 Å². The zero-order valence-electron chi connectivity index (χ0n) is 9.18. The van der Waals surface area contributed by atoms with E-state index in [1.54, 1.807) is 6.07 Å². The maximum absolute atomic E-state index is 13.7. The van der Waals surface area contributed by atoms with Gasteiger partial charge in [0.1, 0.15) is 11.6 Å². The van der Waals surface area contributed by atoms with Crippen molar-refractivity contribution in [2.45, 2.75) is 0 Å². The van der Waals surface area contributed by atoms with Crippen molar-refractivity contribution in [2.24, 2.45) is 0 Å². The molecule has 2 rings (SSSR count). The van der Waals surface area contributed by atoms with Gasteiger partial charge in [-0.15, -0.1) is 0 Å². The summed E-state index contributed by atoms with van der Waals surface area (Å²) in [5.74, 6) is -2.18. The van der Waals surface area contributed by atoms with Crippen molar-refractivity contribution in [3.8, 4) is 0 Å². The fourth-order valence-corrected chi connectivity index (χ4v) is 2.59. The van der Waals surface area contributed by atoms with Crippen LogP contribution in [0.1, 0.15) is 15.9 Å². The summed E-state index contributed by atoms with van der Waals surface area (Å²) >= 11 is 12.0. The summed E-state index contributed by atoms with van der Waals surface area (Å²) in [5, 5.41) is 0.169. The Labute approximate surface area is 129 Å². The Morgan fingerprint density at radius 2 is 1.68 bits per heavy atom. The molecular formula is C13H5Br2ClF2O. The van der Waals surface area contributed by atoms with Crippen molar-refractivity contribution in [1.82, 2.24) is 0 Å². The molecular weight excluding hydrogens is 405 g/mol. The van der Waals surface area contributed by atoms with E-state index < -0.39 is 17.4 Å². The van der Waals surface area contributed by atoms with E-state index in [2.05, 4.69) is 31.9 Å². The first kappa shape index (κ1) is 14.6. The van der Waals surface area contributed by atoms with Gasteiger partial charge in [-0.3, -0.25) is 4.79 Å². The van der Waals surface area contributed by atoms with Gasteiger partial charge in [-0.25, -0.2) is 8.78 Å². The number of hydrogen-bond donors (Lipinski definition) is 0. The standard InChI is InChI=1S/C13H5Br2ClF2O/c14-6-1-2-7(10(16)3-6)13(19)8-4-12(18)9(15)5-11(8)17/h1-5H. The van der Waals surface area contributed by atoms with Gasteiger partial charge >= 0.3 is 0 Å². The van der Waals surface area contributed by atoms with E-state index in [0.29, 0.717) is 4.47 Å². The number of benzene rings is 2. The number of hydrogen-bond acceptors (Lipinski definition) is 1. The average Bonchev–Trinajstić information content (AvgIpc) is 2.33. The Kier molecular flexibility index (Phi) is 4.38. The van der Waals surface area contributed by atoms with Crippen molar-refractivity contribution in [3.05, 3.63) is 67.1 Å². The molecule has 0 fully saturated rings. The van der Waals surface area contributed by atoms with Gasteiger partial charge in [0.2, 0.25) is 0 Å². The second-order valence-electron chi connectivity index (χ2n) is 3.70. The minimum Gasteiger partial charge on any atom is -0.288 e. The lowest BCUT2D eigenvalue weighted by Crippen LogP contribution is -2.06. The largest absolute Gasteiger partial charge is 0.288 e. The molecule has 19 heavy (non-hydrogen) atoms. The zero-order valence-corrected chi connectivity index (χ0v) is 13.1. The number of halogens is 5. The Hall–Kier alpha value is -0.780. The van der Waals surface area contributed by atoms with Crippen molar-refractivity contribution in [3.63, 3.8) is 0 Å². The number of ketones is 1. The Morgan fingerprint density at radius 1 is 1.00 bits per heavy atom. The topological polar surface area (TPSA) is 17.1 Å². The van der Waals surface area contributed by atoms with Crippen molar-refractivity contribution in [1.29, 1.82) is 0 Å². The predicted octanol–water partition coefficient (Wildman–Crippen LogP) is 5.37. The Morgan fingerprint density at radius 3 is 2.32 bits per heavy atom. The molecule has 0 aliphatic carbocycles. The van der Waals surface area contributed by atoms with Crippen LogP contribution in [0.4, 0.5) is 8.78 Å². The molecule has 0 aliphatic heterocycles. The molecule has 0 radical (unpaired) electrons. The highest BCUT2D eigenvalue weighted by Crippen LogP contribution is 2.26. The quantitative estimate of drug-likeness (QED) is 0.480. The third-order valence-electron chi connectivity index (χ3n) is 2.43. The summed E-state index contributed by atoms with van der Waals surface area (Å²) in [5.41, 5.74) is -0.240. The summed E-state index contributed by atoms with van der Waals surface area (Å²) in [6, 6.07) is 6.33. The first-order chi connectivity index (χ1) is 8.90. The van der Waals surface area contributed by atoms with Crippen LogP contribution in [0.3, 0.4) is 0 Å². The maximum Gasteiger partial charge on any atom is 0.197 e. The Bertz CT molecular complexity index is 674. The molecule has 0 heterocycles. The van der Waals surface area contributed by atoms with Crippen LogP contribution in [-0.4, -0.2) is 5.78 Å². The van der Waals surface area contributed by atoms with Crippen LogP contribution < -0.4 is 0 Å². The van der Waals surface area contributed by atoms with Crippen LogP contribution in [-0.2, 0) is 0 Å². The summed E-state index contributed by atoms with van der Waals surface area (Å²) in [7, 11) is 0. The fourth-order valence-electron chi connectivity index (χ4n) is 1.52. The van der Waals surface area contributed by atoms with Crippen molar-refractivity contribution in [2.75, 3.05) is 0 Å². The monoisotopic (exact) mass is 408 g/mol. The van der Waals surface area contributed by atoms with E-state index in [9.17, 15) is 13.6 Å². The lowest BCUT2D eigenvalue weighted by Gasteiger charge is -2.06. The molecule has 0 unspecified atom stereocenters. The summed E-state index contributed by atoms with van der Waals surface area (Å²) in [4.78, 5) is 12.1. The second kappa shape index (κ2) is 5.69. The average molecular weight is 410 g/mol. The van der Waals surface area contributed by atoms with Gasteiger partial charge < -0.3 is 0 Å². The Balaban J connectivity index is 2.53. The fraction of sp³-hybridized carbons (Fsp3) is 0. The van der Waals surface area contributed by atoms with Crippen LogP contribution in [0.25, 0.3) is 0 Å². The SMILES string of the molecule is O=C(c1cc(F)c(Br)cc1F)c1ccc(Br)cc1Cl. The molecule has 2 aromatic rings. The van der Waals surface area contributed by atoms with E-state index in [4.69, 9.17) is 11.6 Å². The molecule has 0 saturated heterocycles. The maximum atomic E-state index is 13.7. The minimum atomic E-state index is -0.808. The first-order valence-corrected chi connectivity index (χ1v) is 7.01. The summed E-state index contributed by atoms with van der Waals surface area (Å²) in [6.07, 6.45) is 0. The van der Waals surface area contributed by atoms with Gasteiger partial charge in [0, 0.05) is 10.0 Å². The van der Waals surface area contributed by atoms with E-state index in [1.807, 2.05) is 0 Å². The lowest BCUT2D eigenvalue weighted by molar-refractivity contribution is 0.103. The molecule has 6 heteroatoms. The lowest BCUT2D eigenvalue weighted by atomic mass is 10.0. The molecule has 0 atom stereocenters. The molecule has 0 spiro atoms. The predicted molar refractivity (Wildman–Crippen MR) is 76.6 cm³/mol. The van der Waals surface area contributed by atoms with E-state index in [-0.39, 0.29) is 20.6 Å². The highest BCUT2D eigenvalue weighted by atomic mass is 79.9. The van der Waals surface area contributed by atoms with Crippen LogP contribution in [0.15, 0.2) is 39.3 Å². The zero-order chi connectivity index (χ0) is 14.2. The van der Waals surface area contributed by atoms with Gasteiger partial charge in [0.25, 0.3) is 0 Å². The van der Waals surface area contributed by atoms with Crippen molar-refractivity contribution < 1.29 is 13.6 Å². The number of carbonyl (C=O) groups excluding carboxylic acids is 1. The highest BCUT2D eigenvalue weighted by molar-refractivity contribution is 9.10. The second-order valence-corrected chi connectivity index (χ2v) is 5.88. The van der Waals surface area contributed by atoms with Crippen LogP contribution in [0.5, 0.6) is 0 Å². The van der Waals surface area contributed by atoms with Gasteiger partial charge in [0.15, 0.2) is 5.78 Å². The third kappa shape index (κ3) is 3.04. The molecule has 0 aliphatic rings. The molecule has 0 aromatic heterocycles. The van der Waals surface area contributed by atoms with E-state index >= 15 is 0 Å². The van der Waals surface area contributed by atoms with Crippen LogP contribution in [0.2, 0.25) is 5.02 Å². The van der Waals surface area contributed by atoms with Gasteiger partial charge in [0.05, 0.1) is 15.1 Å². The van der Waals surface area contributed by atoms with Crippen LogP contribution >= 0.6 is 43.5 Å². The first-order valence-electron chi connectivity index (χ1n) is 5.04. The molecule has 0 N–H and O–H groups in total. The smallest absolute Gasteiger partial charge is 0.197 e. The minimum absolute atomic E-state index is 0.0385. The van der Waals surface area contributed by atoms with E-state index in [1.165, 1.54) is 12.1 Å². The molecule has 0 bridgehead atoms. The summed E-state index contributed by atoms with van der Waals surface area (Å²) in [6.45, 7) is 0. The number of rotatable bonds is 2.